The van der Waals surface area contributed by atoms with Crippen molar-refractivity contribution in [3.8, 4) is 0 Å². The van der Waals surface area contributed by atoms with Gasteiger partial charge in [-0.3, -0.25) is 4.79 Å². The van der Waals surface area contributed by atoms with Crippen LogP contribution in [0, 0.1) is 5.92 Å². The minimum absolute atomic E-state index is 0.0119. The zero-order valence-electron chi connectivity index (χ0n) is 11.8. The predicted octanol–water partition coefficient (Wildman–Crippen LogP) is 2.79. The number of esters is 1. The minimum Gasteiger partial charge on any atom is -0.465 e. The molecular formula is C16H19NO3. The van der Waals surface area contributed by atoms with Crippen molar-refractivity contribution in [1.82, 2.24) is 0 Å². The molecule has 1 unspecified atom stereocenters. The Bertz CT molecular complexity index is 536. The van der Waals surface area contributed by atoms with E-state index >= 15 is 0 Å². The molecule has 1 amide bonds. The van der Waals surface area contributed by atoms with E-state index in [0.717, 1.165) is 12.8 Å². The highest BCUT2D eigenvalue weighted by molar-refractivity contribution is 6.02. The lowest BCUT2D eigenvalue weighted by molar-refractivity contribution is -0.118. The lowest BCUT2D eigenvalue weighted by Gasteiger charge is -2.21. The van der Waals surface area contributed by atoms with E-state index in [4.69, 9.17) is 4.74 Å². The molecule has 1 aliphatic carbocycles. The first-order chi connectivity index (χ1) is 9.63. The zero-order valence-corrected chi connectivity index (χ0v) is 11.8. The number of amides is 1. The average Bonchev–Trinajstić information content (AvgIpc) is 2.98. The molecule has 20 heavy (non-hydrogen) atoms. The fourth-order valence-corrected chi connectivity index (χ4v) is 2.41. The number of anilines is 1. The maximum Gasteiger partial charge on any atom is 0.339 e. The number of rotatable bonds is 4. The number of hydrogen-bond donors (Lipinski definition) is 0. The van der Waals surface area contributed by atoms with E-state index in [1.54, 1.807) is 36.2 Å². The molecule has 1 aliphatic rings. The Morgan fingerprint density at radius 3 is 2.75 bits per heavy atom. The van der Waals surface area contributed by atoms with Gasteiger partial charge in [0.25, 0.3) is 0 Å². The normalized spacial score (nSPS) is 17.0. The Balaban J connectivity index is 2.15. The summed E-state index contributed by atoms with van der Waals surface area (Å²) in [6, 6.07) is 6.99. The molecule has 0 aromatic heterocycles. The van der Waals surface area contributed by atoms with Gasteiger partial charge in [0.2, 0.25) is 5.91 Å². The first kappa shape index (κ1) is 14.3. The smallest absolute Gasteiger partial charge is 0.339 e. The number of carbonyl (C=O) groups excluding carboxylic acids is 2. The van der Waals surface area contributed by atoms with Crippen molar-refractivity contribution in [2.75, 3.05) is 19.1 Å². The Labute approximate surface area is 119 Å². The Morgan fingerprint density at radius 1 is 1.35 bits per heavy atom. The molecule has 106 valence electrons. The van der Waals surface area contributed by atoms with Gasteiger partial charge >= 0.3 is 5.97 Å². The second-order valence-corrected chi connectivity index (χ2v) is 4.93. The molecule has 2 rings (SSSR count). The van der Waals surface area contributed by atoms with Crippen LogP contribution in [0.1, 0.15) is 29.6 Å². The van der Waals surface area contributed by atoms with Gasteiger partial charge < -0.3 is 9.64 Å². The molecule has 0 N–H and O–H groups in total. The van der Waals surface area contributed by atoms with E-state index in [1.807, 2.05) is 0 Å². The van der Waals surface area contributed by atoms with Gasteiger partial charge in [0.1, 0.15) is 0 Å². The molecule has 0 saturated carbocycles. The summed E-state index contributed by atoms with van der Waals surface area (Å²) in [5.74, 6) is -0.103. The van der Waals surface area contributed by atoms with Crippen LogP contribution in [0.2, 0.25) is 0 Å². The van der Waals surface area contributed by atoms with E-state index in [-0.39, 0.29) is 5.91 Å². The molecule has 0 heterocycles. The van der Waals surface area contributed by atoms with Crippen molar-refractivity contribution in [3.63, 3.8) is 0 Å². The summed E-state index contributed by atoms with van der Waals surface area (Å²) >= 11 is 0. The zero-order chi connectivity index (χ0) is 14.5. The molecule has 0 radical (unpaired) electrons. The van der Waals surface area contributed by atoms with Crippen LogP contribution < -0.4 is 4.90 Å². The standard InChI is InChI=1S/C16H19NO3/c1-17(15(18)11-12-7-3-4-8-12)14-10-6-5-9-13(14)16(19)20-2/h3,5-7,9-10,12H,4,8,11H2,1-2H3. The monoisotopic (exact) mass is 273 g/mol. The molecule has 0 saturated heterocycles. The maximum atomic E-state index is 12.3. The molecular weight excluding hydrogens is 254 g/mol. The highest BCUT2D eigenvalue weighted by Crippen LogP contribution is 2.25. The van der Waals surface area contributed by atoms with E-state index in [2.05, 4.69) is 12.2 Å². The van der Waals surface area contributed by atoms with Crippen LogP contribution >= 0.6 is 0 Å². The van der Waals surface area contributed by atoms with E-state index in [0.29, 0.717) is 23.6 Å². The van der Waals surface area contributed by atoms with Crippen LogP contribution in [0.25, 0.3) is 0 Å². The van der Waals surface area contributed by atoms with Crippen molar-refractivity contribution in [2.24, 2.45) is 5.92 Å². The minimum atomic E-state index is -0.430. The van der Waals surface area contributed by atoms with Crippen LogP contribution in [0.15, 0.2) is 36.4 Å². The fourth-order valence-electron chi connectivity index (χ4n) is 2.41. The molecule has 0 fully saturated rings. The third-order valence-corrected chi connectivity index (χ3v) is 3.59. The van der Waals surface area contributed by atoms with Gasteiger partial charge in [0.15, 0.2) is 0 Å². The van der Waals surface area contributed by atoms with E-state index in [1.165, 1.54) is 7.11 Å². The maximum absolute atomic E-state index is 12.3. The summed E-state index contributed by atoms with van der Waals surface area (Å²) in [7, 11) is 3.03. The SMILES string of the molecule is COC(=O)c1ccccc1N(C)C(=O)CC1C=CCC1. The highest BCUT2D eigenvalue weighted by atomic mass is 16.5. The number of allylic oxidation sites excluding steroid dienone is 2. The first-order valence-electron chi connectivity index (χ1n) is 6.74. The van der Waals surface area contributed by atoms with Gasteiger partial charge in [-0.05, 0) is 30.9 Å². The van der Waals surface area contributed by atoms with Crippen LogP contribution in [0.3, 0.4) is 0 Å². The summed E-state index contributed by atoms with van der Waals surface area (Å²) in [4.78, 5) is 25.6. The molecule has 1 atom stereocenters. The third-order valence-electron chi connectivity index (χ3n) is 3.59. The summed E-state index contributed by atoms with van der Waals surface area (Å²) in [5, 5.41) is 0. The Kier molecular flexibility index (Phi) is 4.56. The Hall–Kier alpha value is -2.10. The van der Waals surface area contributed by atoms with Crippen molar-refractivity contribution in [1.29, 1.82) is 0 Å². The topological polar surface area (TPSA) is 46.6 Å². The van der Waals surface area contributed by atoms with E-state index in [9.17, 15) is 9.59 Å². The summed E-state index contributed by atoms with van der Waals surface area (Å²) in [6.07, 6.45) is 6.75. The van der Waals surface area contributed by atoms with Gasteiger partial charge in [-0.15, -0.1) is 0 Å². The van der Waals surface area contributed by atoms with Gasteiger partial charge in [-0.25, -0.2) is 4.79 Å². The van der Waals surface area contributed by atoms with Crippen molar-refractivity contribution < 1.29 is 14.3 Å². The number of nitrogens with zero attached hydrogens (tertiary/aromatic N) is 1. The molecule has 4 nitrogen and oxygen atoms in total. The molecule has 4 heteroatoms. The first-order valence-corrected chi connectivity index (χ1v) is 6.74. The van der Waals surface area contributed by atoms with Crippen LogP contribution in [0.5, 0.6) is 0 Å². The van der Waals surface area contributed by atoms with Gasteiger partial charge in [0.05, 0.1) is 18.4 Å². The van der Waals surface area contributed by atoms with Crippen LogP contribution in [-0.2, 0) is 9.53 Å². The van der Waals surface area contributed by atoms with Crippen LogP contribution in [0.4, 0.5) is 5.69 Å². The quantitative estimate of drug-likeness (QED) is 0.626. The molecule has 1 aromatic carbocycles. The van der Waals surface area contributed by atoms with Crippen molar-refractivity contribution >= 4 is 17.6 Å². The number of carbonyl (C=O) groups is 2. The number of hydrogen-bond acceptors (Lipinski definition) is 3. The Morgan fingerprint density at radius 2 is 2.10 bits per heavy atom. The predicted molar refractivity (Wildman–Crippen MR) is 77.7 cm³/mol. The lowest BCUT2D eigenvalue weighted by atomic mass is 10.0. The highest BCUT2D eigenvalue weighted by Gasteiger charge is 2.21. The van der Waals surface area contributed by atoms with Gasteiger partial charge in [0, 0.05) is 13.5 Å². The third kappa shape index (κ3) is 3.07. The summed E-state index contributed by atoms with van der Waals surface area (Å²) < 4.78 is 4.75. The molecule has 0 spiro atoms. The van der Waals surface area contributed by atoms with E-state index < -0.39 is 5.97 Å². The molecule has 0 aliphatic heterocycles. The lowest BCUT2D eigenvalue weighted by Crippen LogP contribution is -2.29. The number of benzene rings is 1. The molecule has 0 bridgehead atoms. The second-order valence-electron chi connectivity index (χ2n) is 4.93. The van der Waals surface area contributed by atoms with Crippen molar-refractivity contribution in [3.05, 3.63) is 42.0 Å². The molecule has 1 aromatic rings. The fraction of sp³-hybridized carbons (Fsp3) is 0.375. The van der Waals surface area contributed by atoms with Gasteiger partial charge in [-0.2, -0.15) is 0 Å². The summed E-state index contributed by atoms with van der Waals surface area (Å²) in [6.45, 7) is 0. The average molecular weight is 273 g/mol. The number of methoxy groups -OCH3 is 1. The second kappa shape index (κ2) is 6.37. The number of ether oxygens (including phenoxy) is 1. The number of para-hydroxylation sites is 1. The largest absolute Gasteiger partial charge is 0.465 e. The van der Waals surface area contributed by atoms with Crippen LogP contribution in [-0.4, -0.2) is 26.0 Å². The summed E-state index contributed by atoms with van der Waals surface area (Å²) in [5.41, 5.74) is 0.999. The van der Waals surface area contributed by atoms with Crippen molar-refractivity contribution in [2.45, 2.75) is 19.3 Å². The van der Waals surface area contributed by atoms with Gasteiger partial charge in [-0.1, -0.05) is 24.3 Å².